The summed E-state index contributed by atoms with van der Waals surface area (Å²) in [6.07, 6.45) is 2.42. The number of hydrogen-bond acceptors (Lipinski definition) is 3. The van der Waals surface area contributed by atoms with Gasteiger partial charge in [-0.3, -0.25) is 0 Å². The van der Waals surface area contributed by atoms with Gasteiger partial charge in [-0.05, 0) is 0 Å². The average molecular weight is 86.1 g/mol. The second-order valence-electron chi connectivity index (χ2n) is 0.573. The zero-order valence-electron chi connectivity index (χ0n) is 3.29. The van der Waals surface area contributed by atoms with Crippen LogP contribution < -0.4 is 5.90 Å². The fourth-order valence-electron chi connectivity index (χ4n) is 0.0782. The Bertz CT molecular complexity index is 59.8. The second-order valence-corrected chi connectivity index (χ2v) is 0.573. The summed E-state index contributed by atoms with van der Waals surface area (Å²) in [6, 6.07) is 0. The number of nitrogens with two attached hydrogens (primary N) is 1. The molecule has 0 aliphatic carbocycles. The Balaban J connectivity index is 2.94. The van der Waals surface area contributed by atoms with Crippen LogP contribution >= 0.6 is 0 Å². The smallest absolute Gasteiger partial charge is 0.200 e. The van der Waals surface area contributed by atoms with Crippen molar-refractivity contribution in [2.24, 2.45) is 10.9 Å². The Hall–Kier alpha value is -0.830. The van der Waals surface area contributed by atoms with E-state index in [2.05, 4.69) is 22.3 Å². The summed E-state index contributed by atoms with van der Waals surface area (Å²) < 4.78 is 0. The van der Waals surface area contributed by atoms with Crippen LogP contribution in [0.3, 0.4) is 0 Å². The minimum Gasteiger partial charge on any atom is -0.399 e. The number of aliphatic imine (C=N–C) groups is 1. The summed E-state index contributed by atoms with van der Waals surface area (Å²) >= 11 is 0. The van der Waals surface area contributed by atoms with E-state index in [0.717, 1.165) is 6.40 Å². The molecule has 6 heavy (non-hydrogen) atoms. The molecule has 34 valence electrons. The molecule has 0 aromatic rings. The lowest BCUT2D eigenvalue weighted by molar-refractivity contribution is 0.338. The second kappa shape index (κ2) is 4.17. The Morgan fingerprint density at radius 1 is 1.83 bits per heavy atom. The molecule has 0 unspecified atom stereocenters. The highest BCUT2D eigenvalue weighted by Crippen LogP contribution is 1.58. The third-order valence-electron chi connectivity index (χ3n) is 0.227. The molecule has 0 aromatic heterocycles. The Labute approximate surface area is 36.1 Å². The predicted molar refractivity (Wildman–Crippen MR) is 24.0 cm³/mol. The van der Waals surface area contributed by atoms with Gasteiger partial charge in [-0.25, -0.2) is 4.99 Å². The van der Waals surface area contributed by atoms with Crippen LogP contribution in [-0.2, 0) is 4.84 Å². The molecular weight excluding hydrogens is 80.0 g/mol. The fraction of sp³-hybridized carbons (Fsp3) is 0. The maximum Gasteiger partial charge on any atom is 0.200 e. The highest BCUT2D eigenvalue weighted by Gasteiger charge is 1.52. The van der Waals surface area contributed by atoms with Crippen LogP contribution in [0, 0.1) is 0 Å². The average Bonchev–Trinajstić information content (AvgIpc) is 1.61. The molecule has 0 radical (unpaired) electrons. The Morgan fingerprint density at radius 3 is 2.67 bits per heavy atom. The molecule has 0 spiro atoms. The SMILES string of the molecule is C=C/N=C\ON. The van der Waals surface area contributed by atoms with Crippen molar-refractivity contribution in [3.05, 3.63) is 12.8 Å². The Kier molecular flexibility index (Phi) is 3.59. The van der Waals surface area contributed by atoms with Gasteiger partial charge in [0.2, 0.25) is 6.40 Å². The van der Waals surface area contributed by atoms with E-state index in [9.17, 15) is 0 Å². The summed E-state index contributed by atoms with van der Waals surface area (Å²) in [6.45, 7) is 3.26. The van der Waals surface area contributed by atoms with Crippen molar-refractivity contribution < 1.29 is 4.84 Å². The summed E-state index contributed by atoms with van der Waals surface area (Å²) in [5, 5.41) is 0. The van der Waals surface area contributed by atoms with Gasteiger partial charge in [0.1, 0.15) is 0 Å². The zero-order valence-corrected chi connectivity index (χ0v) is 3.29. The van der Waals surface area contributed by atoms with E-state index in [1.807, 2.05) is 0 Å². The van der Waals surface area contributed by atoms with Crippen LogP contribution in [0.25, 0.3) is 0 Å². The first-order chi connectivity index (χ1) is 2.91. The van der Waals surface area contributed by atoms with Gasteiger partial charge >= 0.3 is 0 Å². The molecule has 2 N–H and O–H groups in total. The van der Waals surface area contributed by atoms with Gasteiger partial charge < -0.3 is 4.84 Å². The van der Waals surface area contributed by atoms with Gasteiger partial charge in [-0.2, -0.15) is 5.90 Å². The quantitative estimate of drug-likeness (QED) is 0.293. The monoisotopic (exact) mass is 86.0 g/mol. The molecule has 3 nitrogen and oxygen atoms in total. The normalized spacial score (nSPS) is 8.83. The predicted octanol–water partition coefficient (Wildman–Crippen LogP) is 0.0485. The molecule has 3 heteroatoms. The van der Waals surface area contributed by atoms with Crippen LogP contribution in [0.5, 0.6) is 0 Å². The summed E-state index contributed by atoms with van der Waals surface area (Å²) in [7, 11) is 0. The molecule has 0 aliphatic heterocycles. The highest BCUT2D eigenvalue weighted by molar-refractivity contribution is 5.46. The van der Waals surface area contributed by atoms with Crippen LogP contribution in [-0.4, -0.2) is 6.40 Å². The van der Waals surface area contributed by atoms with Crippen molar-refractivity contribution in [1.82, 2.24) is 0 Å². The van der Waals surface area contributed by atoms with Gasteiger partial charge in [0.15, 0.2) is 0 Å². The van der Waals surface area contributed by atoms with Crippen molar-refractivity contribution in [3.8, 4) is 0 Å². The molecular formula is C3H6N2O. The van der Waals surface area contributed by atoms with E-state index >= 15 is 0 Å². The van der Waals surface area contributed by atoms with E-state index in [0.29, 0.717) is 0 Å². The van der Waals surface area contributed by atoms with Crippen molar-refractivity contribution in [2.75, 3.05) is 0 Å². The van der Waals surface area contributed by atoms with Gasteiger partial charge in [-0.15, -0.1) is 0 Å². The first-order valence-corrected chi connectivity index (χ1v) is 1.40. The molecule has 0 rings (SSSR count). The molecule has 0 amide bonds. The first kappa shape index (κ1) is 5.17. The summed E-state index contributed by atoms with van der Waals surface area (Å²) in [5.41, 5.74) is 0. The number of nitrogens with zero attached hydrogens (tertiary/aromatic N) is 1. The molecule has 0 aliphatic rings. The van der Waals surface area contributed by atoms with Crippen LogP contribution in [0.4, 0.5) is 0 Å². The lowest BCUT2D eigenvalue weighted by Gasteiger charge is -1.76. The molecule has 0 saturated carbocycles. The largest absolute Gasteiger partial charge is 0.399 e. The molecule has 0 heterocycles. The lowest BCUT2D eigenvalue weighted by atomic mass is 11.1. The Morgan fingerprint density at radius 2 is 2.50 bits per heavy atom. The number of hydrogen-bond donors (Lipinski definition) is 1. The molecule has 0 aromatic carbocycles. The zero-order chi connectivity index (χ0) is 4.83. The summed E-state index contributed by atoms with van der Waals surface area (Å²) in [5.74, 6) is 4.52. The maximum absolute atomic E-state index is 4.52. The van der Waals surface area contributed by atoms with Crippen molar-refractivity contribution in [2.45, 2.75) is 0 Å². The van der Waals surface area contributed by atoms with Crippen molar-refractivity contribution in [1.29, 1.82) is 0 Å². The van der Waals surface area contributed by atoms with Gasteiger partial charge in [0, 0.05) is 6.20 Å². The third-order valence-corrected chi connectivity index (χ3v) is 0.227. The standard InChI is InChI=1S/C3H6N2O/c1-2-5-3-6-4/h2-3H,1,4H2/b5-3-. The lowest BCUT2D eigenvalue weighted by Crippen LogP contribution is -1.92. The van der Waals surface area contributed by atoms with E-state index in [4.69, 9.17) is 0 Å². The van der Waals surface area contributed by atoms with E-state index < -0.39 is 0 Å². The first-order valence-electron chi connectivity index (χ1n) is 1.40. The minimum absolute atomic E-state index is 1.09. The third kappa shape index (κ3) is 3.17. The van der Waals surface area contributed by atoms with Crippen LogP contribution in [0.2, 0.25) is 0 Å². The van der Waals surface area contributed by atoms with Gasteiger partial charge in [0.25, 0.3) is 0 Å². The van der Waals surface area contributed by atoms with Crippen LogP contribution in [0.1, 0.15) is 0 Å². The van der Waals surface area contributed by atoms with Crippen molar-refractivity contribution >= 4 is 6.40 Å². The fourth-order valence-corrected chi connectivity index (χ4v) is 0.0782. The van der Waals surface area contributed by atoms with E-state index in [-0.39, 0.29) is 0 Å². The van der Waals surface area contributed by atoms with E-state index in [1.54, 1.807) is 0 Å². The van der Waals surface area contributed by atoms with Gasteiger partial charge in [0.05, 0.1) is 0 Å². The van der Waals surface area contributed by atoms with Crippen LogP contribution in [0.15, 0.2) is 17.8 Å². The molecule has 0 bridgehead atoms. The minimum atomic E-state index is 1.09. The van der Waals surface area contributed by atoms with Gasteiger partial charge in [-0.1, -0.05) is 6.58 Å². The van der Waals surface area contributed by atoms with E-state index in [1.165, 1.54) is 6.20 Å². The highest BCUT2D eigenvalue weighted by atomic mass is 16.6. The molecule has 0 saturated heterocycles. The molecule has 0 atom stereocenters. The summed E-state index contributed by atoms with van der Waals surface area (Å²) in [4.78, 5) is 7.30. The maximum atomic E-state index is 4.52. The molecule has 0 fully saturated rings. The van der Waals surface area contributed by atoms with Crippen molar-refractivity contribution in [3.63, 3.8) is 0 Å². The number of rotatable bonds is 2. The topological polar surface area (TPSA) is 47.6 Å².